The summed E-state index contributed by atoms with van der Waals surface area (Å²) in [6.07, 6.45) is -4.58. The number of carbonyl (C=O) groups is 4. The molecule has 0 aliphatic heterocycles. The van der Waals surface area contributed by atoms with Gasteiger partial charge in [-0.1, -0.05) is 146 Å². The lowest BCUT2D eigenvalue weighted by Gasteiger charge is -2.33. The van der Waals surface area contributed by atoms with Crippen molar-refractivity contribution in [1.82, 2.24) is 10.6 Å². The van der Waals surface area contributed by atoms with Gasteiger partial charge in [-0.05, 0) is 59.4 Å². The third-order valence-corrected chi connectivity index (χ3v) is 9.65. The van der Waals surface area contributed by atoms with Crippen molar-refractivity contribution >= 4 is 35.4 Å². The zero-order chi connectivity index (χ0) is 42.1. The number of nitrogens with one attached hydrogen (secondary N) is 4. The largest absolute Gasteiger partial charge is 0.444 e. The van der Waals surface area contributed by atoms with E-state index in [9.17, 15) is 29.4 Å². The number of para-hydroxylation sites is 2. The van der Waals surface area contributed by atoms with Gasteiger partial charge in [-0.3, -0.25) is 20.2 Å². The smallest absolute Gasteiger partial charge is 0.411 e. The highest BCUT2D eigenvalue weighted by molar-refractivity contribution is 6.03. The molecule has 0 fully saturated rings. The predicted octanol–water partition coefficient (Wildman–Crippen LogP) is 7.29. The van der Waals surface area contributed by atoms with Crippen LogP contribution >= 0.6 is 0 Å². The number of benzene rings is 6. The molecule has 0 bridgehead atoms. The van der Waals surface area contributed by atoms with Gasteiger partial charge in [-0.15, -0.1) is 0 Å². The van der Waals surface area contributed by atoms with Crippen molar-refractivity contribution in [2.24, 2.45) is 0 Å². The number of hydrogen-bond acceptors (Lipinski definition) is 8. The van der Waals surface area contributed by atoms with Gasteiger partial charge in [-0.25, -0.2) is 9.59 Å². The molecule has 12 heteroatoms. The highest BCUT2D eigenvalue weighted by Gasteiger charge is 2.35. The van der Waals surface area contributed by atoms with Crippen LogP contribution in [-0.4, -0.2) is 58.5 Å². The highest BCUT2D eigenvalue weighted by Crippen LogP contribution is 2.21. The van der Waals surface area contributed by atoms with E-state index in [4.69, 9.17) is 9.47 Å². The van der Waals surface area contributed by atoms with E-state index in [-0.39, 0.29) is 48.6 Å². The first-order valence-corrected chi connectivity index (χ1v) is 19.4. The van der Waals surface area contributed by atoms with Crippen molar-refractivity contribution in [2.45, 2.75) is 50.3 Å². The lowest BCUT2D eigenvalue weighted by atomic mass is 9.90. The number of hydrogen-bond donors (Lipinski definition) is 6. The second-order valence-corrected chi connectivity index (χ2v) is 14.0. The Morgan fingerprint density at radius 2 is 0.717 bits per heavy atom. The van der Waals surface area contributed by atoms with Crippen molar-refractivity contribution in [2.75, 3.05) is 10.6 Å². The quantitative estimate of drug-likeness (QED) is 0.0557. The molecular weight excluding hydrogens is 761 g/mol. The van der Waals surface area contributed by atoms with E-state index in [0.717, 1.165) is 22.3 Å². The zero-order valence-corrected chi connectivity index (χ0v) is 32.6. The summed E-state index contributed by atoms with van der Waals surface area (Å²) >= 11 is 0. The number of anilines is 2. The second-order valence-electron chi connectivity index (χ2n) is 14.0. The maximum atomic E-state index is 14.0. The van der Waals surface area contributed by atoms with E-state index >= 15 is 0 Å². The van der Waals surface area contributed by atoms with Crippen LogP contribution < -0.4 is 21.3 Å². The minimum atomic E-state index is -1.62. The summed E-state index contributed by atoms with van der Waals surface area (Å²) in [6, 6.07) is 47.1. The molecule has 4 amide bonds. The van der Waals surface area contributed by atoms with Gasteiger partial charge < -0.3 is 30.3 Å². The van der Waals surface area contributed by atoms with Crippen molar-refractivity contribution in [3.63, 3.8) is 0 Å². The number of aliphatic hydroxyl groups excluding tert-OH is 2. The standard InChI is InChI=1S/C48H46N4O8/c53-43(41(29-33-17-5-1-6-18-33)49-45(55)37-25-13-15-27-39(37)51-47(57)59-31-35-21-9-3-10-22-35)44(54)42(30-34-19-7-2-8-20-34)50-46(56)38-26-14-16-28-40(38)52-48(58)60-32-36-23-11-4-12-24-36/h1-28,41-44,53-54H,29-32H2,(H,49,55)(H,50,56)(H,51,57)(H,52,58)/t41-,42-,43-,44+/m0/s1. The molecular formula is C48H46N4O8. The van der Waals surface area contributed by atoms with E-state index < -0.39 is 48.3 Å². The predicted molar refractivity (Wildman–Crippen MR) is 228 cm³/mol. The first-order valence-electron chi connectivity index (χ1n) is 19.4. The topological polar surface area (TPSA) is 175 Å². The molecule has 0 aliphatic rings. The molecule has 12 nitrogen and oxygen atoms in total. The highest BCUT2D eigenvalue weighted by atomic mass is 16.6. The van der Waals surface area contributed by atoms with Crippen LogP contribution in [0.4, 0.5) is 21.0 Å². The van der Waals surface area contributed by atoms with E-state index in [1.807, 2.05) is 121 Å². The SMILES string of the molecule is O=C(Nc1ccccc1C(=O)N[C@@H](Cc1ccccc1)[C@H](O)[C@H](O)[C@H](Cc1ccccc1)NC(=O)c1ccccc1NC(=O)OCc1ccccc1)OCc1ccccc1. The van der Waals surface area contributed by atoms with Crippen LogP contribution in [-0.2, 0) is 35.5 Å². The fourth-order valence-electron chi connectivity index (χ4n) is 6.54. The first-order chi connectivity index (χ1) is 29.2. The van der Waals surface area contributed by atoms with Crippen molar-refractivity contribution < 1.29 is 38.9 Å². The van der Waals surface area contributed by atoms with Crippen LogP contribution in [0.2, 0.25) is 0 Å². The molecule has 0 saturated heterocycles. The van der Waals surface area contributed by atoms with E-state index in [2.05, 4.69) is 21.3 Å². The minimum Gasteiger partial charge on any atom is -0.444 e. The molecule has 6 rings (SSSR count). The summed E-state index contributed by atoms with van der Waals surface area (Å²) in [5, 5.41) is 35.0. The Hall–Kier alpha value is -7.28. The lowest BCUT2D eigenvalue weighted by Crippen LogP contribution is -2.57. The summed E-state index contributed by atoms with van der Waals surface area (Å²) in [7, 11) is 0. The van der Waals surface area contributed by atoms with E-state index in [1.54, 1.807) is 36.4 Å². The normalized spacial score (nSPS) is 12.8. The summed E-state index contributed by atoms with van der Waals surface area (Å²) in [5.74, 6) is -1.27. The molecule has 0 radical (unpaired) electrons. The summed E-state index contributed by atoms with van der Waals surface area (Å²) in [6.45, 7) is 0.0443. The molecule has 6 N–H and O–H groups in total. The molecule has 0 heterocycles. The summed E-state index contributed by atoms with van der Waals surface area (Å²) in [5.41, 5.74) is 3.62. The minimum absolute atomic E-state index is 0.0222. The number of amides is 4. The fraction of sp³-hybridized carbons (Fsp3) is 0.167. The Balaban J connectivity index is 1.20. The fourth-order valence-corrected chi connectivity index (χ4v) is 6.54. The average molecular weight is 807 g/mol. The van der Waals surface area contributed by atoms with Gasteiger partial charge in [0.05, 0.1) is 34.6 Å². The van der Waals surface area contributed by atoms with Crippen molar-refractivity contribution in [1.29, 1.82) is 0 Å². The van der Waals surface area contributed by atoms with Crippen molar-refractivity contribution in [3.8, 4) is 0 Å². The third kappa shape index (κ3) is 12.4. The van der Waals surface area contributed by atoms with Gasteiger partial charge in [0.15, 0.2) is 0 Å². The Kier molecular flexibility index (Phi) is 15.1. The first kappa shape index (κ1) is 42.3. The van der Waals surface area contributed by atoms with Gasteiger partial charge in [0, 0.05) is 0 Å². The molecule has 6 aromatic carbocycles. The van der Waals surface area contributed by atoms with E-state index in [0.29, 0.717) is 0 Å². The second kappa shape index (κ2) is 21.5. The summed E-state index contributed by atoms with van der Waals surface area (Å²) in [4.78, 5) is 53.6. The molecule has 60 heavy (non-hydrogen) atoms. The van der Waals surface area contributed by atoms with Crippen LogP contribution in [0.25, 0.3) is 0 Å². The van der Waals surface area contributed by atoms with E-state index in [1.165, 1.54) is 12.1 Å². The molecule has 0 spiro atoms. The maximum absolute atomic E-state index is 14.0. The van der Waals surface area contributed by atoms with Crippen LogP contribution in [0.5, 0.6) is 0 Å². The average Bonchev–Trinajstić information content (AvgIpc) is 3.28. The van der Waals surface area contributed by atoms with Gasteiger partial charge >= 0.3 is 12.2 Å². The molecule has 0 aliphatic carbocycles. The Morgan fingerprint density at radius 1 is 0.417 bits per heavy atom. The maximum Gasteiger partial charge on any atom is 0.411 e. The van der Waals surface area contributed by atoms with Crippen LogP contribution in [0.3, 0.4) is 0 Å². The van der Waals surface area contributed by atoms with Crippen LogP contribution in [0, 0.1) is 0 Å². The number of ether oxygens (including phenoxy) is 2. The van der Waals surface area contributed by atoms with Gasteiger partial charge in [0.25, 0.3) is 11.8 Å². The Bertz CT molecular complexity index is 2150. The lowest BCUT2D eigenvalue weighted by molar-refractivity contribution is -0.0219. The number of rotatable bonds is 17. The Labute approximate surface area is 348 Å². The Morgan fingerprint density at radius 3 is 1.07 bits per heavy atom. The van der Waals surface area contributed by atoms with Crippen LogP contribution in [0.1, 0.15) is 43.0 Å². The molecule has 4 atom stereocenters. The van der Waals surface area contributed by atoms with Gasteiger partial charge in [0.1, 0.15) is 25.4 Å². The molecule has 306 valence electrons. The van der Waals surface area contributed by atoms with Crippen LogP contribution in [0.15, 0.2) is 170 Å². The van der Waals surface area contributed by atoms with Gasteiger partial charge in [0.2, 0.25) is 0 Å². The molecule has 0 aromatic heterocycles. The third-order valence-electron chi connectivity index (χ3n) is 9.65. The molecule has 0 unspecified atom stereocenters. The van der Waals surface area contributed by atoms with Gasteiger partial charge in [-0.2, -0.15) is 0 Å². The van der Waals surface area contributed by atoms with Crippen molar-refractivity contribution in [3.05, 3.63) is 203 Å². The molecule has 0 saturated carbocycles. The number of aliphatic hydroxyl groups is 2. The monoisotopic (exact) mass is 806 g/mol. The summed E-state index contributed by atoms with van der Waals surface area (Å²) < 4.78 is 10.7. The molecule has 6 aromatic rings. The number of carbonyl (C=O) groups excluding carboxylic acids is 4. The zero-order valence-electron chi connectivity index (χ0n) is 32.6.